The van der Waals surface area contributed by atoms with Crippen molar-refractivity contribution >= 4 is 45.6 Å². The number of benzene rings is 1. The van der Waals surface area contributed by atoms with Crippen molar-refractivity contribution in [1.82, 2.24) is 25.6 Å². The Labute approximate surface area is 157 Å². The lowest BCUT2D eigenvalue weighted by atomic mass is 10.2. The van der Waals surface area contributed by atoms with E-state index in [9.17, 15) is 14.4 Å². The molecule has 10 heteroatoms. The first-order valence-corrected chi connectivity index (χ1v) is 8.79. The number of amides is 3. The first-order chi connectivity index (χ1) is 12.5. The maximum atomic E-state index is 11.9. The Balaban J connectivity index is 1.41. The van der Waals surface area contributed by atoms with Crippen LogP contribution in [0.4, 0.5) is 0 Å². The molecule has 0 aliphatic rings. The number of hydrogen-bond acceptors (Lipinski definition) is 5. The van der Waals surface area contributed by atoms with Gasteiger partial charge in [-0.1, -0.05) is 17.7 Å². The molecule has 0 bridgehead atoms. The molecule has 0 spiro atoms. The molecule has 3 rings (SSSR count). The second kappa shape index (κ2) is 7.98. The Morgan fingerprint density at radius 3 is 2.77 bits per heavy atom. The van der Waals surface area contributed by atoms with Crippen LogP contribution in [0.1, 0.15) is 16.1 Å². The van der Waals surface area contributed by atoms with Crippen LogP contribution in [0.25, 0.3) is 4.96 Å². The third-order valence-electron chi connectivity index (χ3n) is 3.32. The fourth-order valence-corrected chi connectivity index (χ4v) is 3.06. The van der Waals surface area contributed by atoms with Crippen LogP contribution < -0.4 is 16.2 Å². The van der Waals surface area contributed by atoms with Crippen LogP contribution in [0.3, 0.4) is 0 Å². The summed E-state index contributed by atoms with van der Waals surface area (Å²) in [5.74, 6) is -1.41. The Hall–Kier alpha value is -2.91. The molecule has 0 unspecified atom stereocenters. The van der Waals surface area contributed by atoms with Crippen molar-refractivity contribution in [3.05, 3.63) is 58.3 Å². The molecule has 0 radical (unpaired) electrons. The summed E-state index contributed by atoms with van der Waals surface area (Å²) in [6.45, 7) is -0.286. The van der Waals surface area contributed by atoms with Gasteiger partial charge in [-0.05, 0) is 18.2 Å². The van der Waals surface area contributed by atoms with Gasteiger partial charge in [0.1, 0.15) is 0 Å². The molecule has 2 aromatic heterocycles. The predicted molar refractivity (Wildman–Crippen MR) is 96.8 cm³/mol. The minimum absolute atomic E-state index is 0.0313. The van der Waals surface area contributed by atoms with Crippen LogP contribution in [0.5, 0.6) is 0 Å². The van der Waals surface area contributed by atoms with E-state index >= 15 is 0 Å². The Morgan fingerprint density at radius 1 is 1.19 bits per heavy atom. The van der Waals surface area contributed by atoms with Gasteiger partial charge in [-0.3, -0.25) is 29.6 Å². The highest BCUT2D eigenvalue weighted by atomic mass is 35.5. The van der Waals surface area contributed by atoms with E-state index in [-0.39, 0.29) is 13.0 Å². The number of rotatable bonds is 5. The zero-order chi connectivity index (χ0) is 18.5. The van der Waals surface area contributed by atoms with Crippen molar-refractivity contribution in [3.63, 3.8) is 0 Å². The molecular formula is C16H14ClN5O3S. The van der Waals surface area contributed by atoms with Crippen LogP contribution >= 0.6 is 22.9 Å². The molecule has 3 aromatic rings. The second-order valence-electron chi connectivity index (χ2n) is 5.29. The van der Waals surface area contributed by atoms with Gasteiger partial charge in [0.25, 0.3) is 11.8 Å². The maximum absolute atomic E-state index is 11.9. The van der Waals surface area contributed by atoms with Crippen molar-refractivity contribution in [2.45, 2.75) is 6.42 Å². The molecule has 8 nitrogen and oxygen atoms in total. The van der Waals surface area contributed by atoms with Crippen LogP contribution in [-0.4, -0.2) is 33.7 Å². The second-order valence-corrected chi connectivity index (χ2v) is 6.60. The van der Waals surface area contributed by atoms with E-state index < -0.39 is 17.7 Å². The average Bonchev–Trinajstić information content (AvgIpc) is 3.19. The van der Waals surface area contributed by atoms with Gasteiger partial charge in [-0.2, -0.15) is 0 Å². The minimum Gasteiger partial charge on any atom is -0.343 e. The standard InChI is InChI=1S/C16H14ClN5O3S/c17-11-3-1-2-10(6-11)15(25)18-8-14(24)21-20-13(23)7-12-9-22-4-5-26-16(22)19-12/h1-6,9H,7-8H2,(H,18,25)(H,20,23)(H,21,24). The minimum atomic E-state index is -0.556. The highest BCUT2D eigenvalue weighted by Gasteiger charge is 2.11. The number of hydrazine groups is 1. The normalized spacial score (nSPS) is 10.5. The number of carbonyl (C=O) groups excluding carboxylic acids is 3. The molecule has 2 heterocycles. The quantitative estimate of drug-likeness (QED) is 0.568. The van der Waals surface area contributed by atoms with E-state index in [2.05, 4.69) is 21.2 Å². The SMILES string of the molecule is O=C(CNC(=O)c1cccc(Cl)c1)NNC(=O)Cc1cn2ccsc2n1. The number of halogens is 1. The van der Waals surface area contributed by atoms with Gasteiger partial charge in [-0.15, -0.1) is 11.3 Å². The third-order valence-corrected chi connectivity index (χ3v) is 4.33. The molecule has 0 fully saturated rings. The fourth-order valence-electron chi connectivity index (χ4n) is 2.15. The van der Waals surface area contributed by atoms with Crippen molar-refractivity contribution < 1.29 is 14.4 Å². The molecule has 3 amide bonds. The fraction of sp³-hybridized carbons (Fsp3) is 0.125. The van der Waals surface area contributed by atoms with Crippen LogP contribution in [0.15, 0.2) is 42.0 Å². The number of imidazole rings is 1. The molecular weight excluding hydrogens is 378 g/mol. The van der Waals surface area contributed by atoms with Gasteiger partial charge in [0.05, 0.1) is 18.7 Å². The summed E-state index contributed by atoms with van der Waals surface area (Å²) >= 11 is 7.27. The first kappa shape index (κ1) is 17.9. The van der Waals surface area contributed by atoms with Gasteiger partial charge < -0.3 is 5.32 Å². The summed E-state index contributed by atoms with van der Waals surface area (Å²) in [5, 5.41) is 4.76. The Bertz CT molecular complexity index is 939. The van der Waals surface area contributed by atoms with Crippen molar-refractivity contribution in [3.8, 4) is 0 Å². The zero-order valence-electron chi connectivity index (χ0n) is 13.4. The van der Waals surface area contributed by atoms with E-state index in [1.54, 1.807) is 24.4 Å². The monoisotopic (exact) mass is 391 g/mol. The lowest BCUT2D eigenvalue weighted by Gasteiger charge is -2.08. The summed E-state index contributed by atoms with van der Waals surface area (Å²) < 4.78 is 1.82. The number of aromatic nitrogens is 2. The van der Waals surface area contributed by atoms with E-state index in [1.165, 1.54) is 17.4 Å². The summed E-state index contributed by atoms with van der Waals surface area (Å²) in [5.41, 5.74) is 5.46. The number of carbonyl (C=O) groups is 3. The number of fused-ring (bicyclic) bond motifs is 1. The van der Waals surface area contributed by atoms with E-state index in [0.29, 0.717) is 16.3 Å². The Kier molecular flexibility index (Phi) is 5.49. The van der Waals surface area contributed by atoms with E-state index in [0.717, 1.165) is 4.96 Å². The summed E-state index contributed by atoms with van der Waals surface area (Å²) in [7, 11) is 0. The molecule has 0 saturated heterocycles. The van der Waals surface area contributed by atoms with Crippen LogP contribution in [0, 0.1) is 0 Å². The molecule has 0 atom stereocenters. The molecule has 1 aromatic carbocycles. The van der Waals surface area contributed by atoms with Crippen LogP contribution in [-0.2, 0) is 16.0 Å². The highest BCUT2D eigenvalue weighted by Crippen LogP contribution is 2.11. The number of nitrogens with one attached hydrogen (secondary N) is 3. The van der Waals surface area contributed by atoms with Crippen molar-refractivity contribution in [2.24, 2.45) is 0 Å². The van der Waals surface area contributed by atoms with E-state index in [1.807, 2.05) is 16.0 Å². The van der Waals surface area contributed by atoms with Gasteiger partial charge in [0.15, 0.2) is 4.96 Å². The third kappa shape index (κ3) is 4.58. The van der Waals surface area contributed by atoms with E-state index in [4.69, 9.17) is 11.6 Å². The molecule has 0 saturated carbocycles. The predicted octanol–water partition coefficient (Wildman–Crippen LogP) is 1.17. The number of nitrogens with zero attached hydrogens (tertiary/aromatic N) is 2. The van der Waals surface area contributed by atoms with Crippen LogP contribution in [0.2, 0.25) is 5.02 Å². The van der Waals surface area contributed by atoms with Crippen molar-refractivity contribution in [1.29, 1.82) is 0 Å². The topological polar surface area (TPSA) is 105 Å². The summed E-state index contributed by atoms with van der Waals surface area (Å²) in [4.78, 5) is 40.5. The molecule has 0 aliphatic heterocycles. The summed E-state index contributed by atoms with van der Waals surface area (Å²) in [6, 6.07) is 6.35. The molecule has 26 heavy (non-hydrogen) atoms. The summed E-state index contributed by atoms with van der Waals surface area (Å²) in [6.07, 6.45) is 3.63. The van der Waals surface area contributed by atoms with Gasteiger partial charge in [-0.25, -0.2) is 4.98 Å². The lowest BCUT2D eigenvalue weighted by Crippen LogP contribution is -2.46. The maximum Gasteiger partial charge on any atom is 0.257 e. The van der Waals surface area contributed by atoms with Gasteiger partial charge >= 0.3 is 0 Å². The molecule has 134 valence electrons. The smallest absolute Gasteiger partial charge is 0.257 e. The highest BCUT2D eigenvalue weighted by molar-refractivity contribution is 7.15. The molecule has 3 N–H and O–H groups in total. The zero-order valence-corrected chi connectivity index (χ0v) is 14.9. The Morgan fingerprint density at radius 2 is 2.00 bits per heavy atom. The average molecular weight is 392 g/mol. The van der Waals surface area contributed by atoms with Gasteiger partial charge in [0.2, 0.25) is 5.91 Å². The van der Waals surface area contributed by atoms with Gasteiger partial charge in [0, 0.05) is 28.4 Å². The first-order valence-electron chi connectivity index (χ1n) is 7.54. The van der Waals surface area contributed by atoms with Crippen molar-refractivity contribution in [2.75, 3.05) is 6.54 Å². The molecule has 0 aliphatic carbocycles. The number of thiazole rings is 1. The largest absolute Gasteiger partial charge is 0.343 e. The lowest BCUT2D eigenvalue weighted by molar-refractivity contribution is -0.128. The number of hydrogen-bond donors (Lipinski definition) is 3.